The van der Waals surface area contributed by atoms with E-state index in [0.29, 0.717) is 43.2 Å². The number of nitrogens with zero attached hydrogens (tertiary/aromatic N) is 3. The smallest absolute Gasteiger partial charge is 0.272 e. The number of furan rings is 1. The van der Waals surface area contributed by atoms with E-state index in [1.54, 1.807) is 28.6 Å². The summed E-state index contributed by atoms with van der Waals surface area (Å²) in [7, 11) is 0. The van der Waals surface area contributed by atoms with Crippen LogP contribution in [-0.2, 0) is 19.6 Å². The lowest BCUT2D eigenvalue weighted by molar-refractivity contribution is 0.0703. The molecule has 27 heavy (non-hydrogen) atoms. The standard InChI is InChI=1S/C20H20N4O3/c1-14-17(7-10-27-14)20(26)23-8-9-24-16(13-23)11-18(22-24)19(25)21-12-15-5-3-2-4-6-15/h2-7,10-11H,8-9,12-13H2,1H3,(H,21,25). The number of aromatic nitrogens is 2. The van der Waals surface area contributed by atoms with E-state index in [1.807, 2.05) is 30.3 Å². The van der Waals surface area contributed by atoms with Crippen LogP contribution in [0.15, 0.2) is 53.1 Å². The molecule has 0 atom stereocenters. The van der Waals surface area contributed by atoms with Crippen LogP contribution < -0.4 is 5.32 Å². The highest BCUT2D eigenvalue weighted by molar-refractivity contribution is 5.95. The monoisotopic (exact) mass is 364 g/mol. The van der Waals surface area contributed by atoms with Crippen LogP contribution in [0.4, 0.5) is 0 Å². The van der Waals surface area contributed by atoms with Crippen molar-refractivity contribution in [2.75, 3.05) is 6.54 Å². The van der Waals surface area contributed by atoms with E-state index in [0.717, 1.165) is 11.3 Å². The maximum atomic E-state index is 12.6. The summed E-state index contributed by atoms with van der Waals surface area (Å²) in [6.45, 7) is 3.75. The van der Waals surface area contributed by atoms with E-state index in [4.69, 9.17) is 4.42 Å². The molecular formula is C20H20N4O3. The summed E-state index contributed by atoms with van der Waals surface area (Å²) in [5, 5.41) is 7.27. The van der Waals surface area contributed by atoms with Crippen LogP contribution in [-0.4, -0.2) is 33.0 Å². The first-order valence-corrected chi connectivity index (χ1v) is 8.84. The SMILES string of the molecule is Cc1occc1C(=O)N1CCn2nc(C(=O)NCc3ccccc3)cc2C1. The molecule has 1 aliphatic rings. The zero-order chi connectivity index (χ0) is 18.8. The van der Waals surface area contributed by atoms with Crippen LogP contribution in [0.2, 0.25) is 0 Å². The van der Waals surface area contributed by atoms with Crippen LogP contribution in [0.5, 0.6) is 0 Å². The predicted molar refractivity (Wildman–Crippen MR) is 98.0 cm³/mol. The Morgan fingerprint density at radius 1 is 1.19 bits per heavy atom. The molecular weight excluding hydrogens is 344 g/mol. The van der Waals surface area contributed by atoms with Crippen molar-refractivity contribution in [3.8, 4) is 0 Å². The van der Waals surface area contributed by atoms with Gasteiger partial charge in [-0.15, -0.1) is 0 Å². The molecule has 2 amide bonds. The Kier molecular flexibility index (Phi) is 4.50. The van der Waals surface area contributed by atoms with Gasteiger partial charge in [-0.05, 0) is 24.6 Å². The number of hydrogen-bond donors (Lipinski definition) is 1. The van der Waals surface area contributed by atoms with E-state index in [1.165, 1.54) is 6.26 Å². The third kappa shape index (κ3) is 3.48. The molecule has 0 unspecified atom stereocenters. The Labute approximate surface area is 156 Å². The molecule has 1 aliphatic heterocycles. The van der Waals surface area contributed by atoms with Crippen LogP contribution in [0.1, 0.15) is 37.9 Å². The average molecular weight is 364 g/mol. The largest absolute Gasteiger partial charge is 0.469 e. The minimum atomic E-state index is -0.218. The van der Waals surface area contributed by atoms with Gasteiger partial charge in [0.1, 0.15) is 5.76 Å². The fourth-order valence-corrected chi connectivity index (χ4v) is 3.20. The molecule has 2 aromatic heterocycles. The van der Waals surface area contributed by atoms with E-state index >= 15 is 0 Å². The van der Waals surface area contributed by atoms with Crippen molar-refractivity contribution >= 4 is 11.8 Å². The van der Waals surface area contributed by atoms with Crippen molar-refractivity contribution in [3.63, 3.8) is 0 Å². The number of carbonyl (C=O) groups is 2. The molecule has 0 spiro atoms. The number of hydrogen-bond acceptors (Lipinski definition) is 4. The molecule has 0 saturated heterocycles. The Balaban J connectivity index is 1.43. The molecule has 3 heterocycles. The second-order valence-corrected chi connectivity index (χ2v) is 6.53. The van der Waals surface area contributed by atoms with Crippen molar-refractivity contribution in [3.05, 3.63) is 77.0 Å². The summed E-state index contributed by atoms with van der Waals surface area (Å²) in [5.74, 6) is 0.327. The minimum Gasteiger partial charge on any atom is -0.469 e. The summed E-state index contributed by atoms with van der Waals surface area (Å²) in [6, 6.07) is 13.2. The van der Waals surface area contributed by atoms with E-state index in [9.17, 15) is 9.59 Å². The van der Waals surface area contributed by atoms with Gasteiger partial charge in [-0.25, -0.2) is 0 Å². The molecule has 0 radical (unpaired) electrons. The van der Waals surface area contributed by atoms with Gasteiger partial charge >= 0.3 is 0 Å². The summed E-state index contributed by atoms with van der Waals surface area (Å²) < 4.78 is 7.02. The third-order valence-corrected chi connectivity index (χ3v) is 4.70. The average Bonchev–Trinajstić information content (AvgIpc) is 3.31. The lowest BCUT2D eigenvalue weighted by Crippen LogP contribution is -2.38. The Hall–Kier alpha value is -3.35. The van der Waals surface area contributed by atoms with Crippen molar-refractivity contribution in [1.29, 1.82) is 0 Å². The van der Waals surface area contributed by atoms with Gasteiger partial charge in [0, 0.05) is 13.1 Å². The summed E-state index contributed by atoms with van der Waals surface area (Å²) in [4.78, 5) is 26.8. The van der Waals surface area contributed by atoms with E-state index in [2.05, 4.69) is 10.4 Å². The molecule has 0 bridgehead atoms. The second-order valence-electron chi connectivity index (χ2n) is 6.53. The van der Waals surface area contributed by atoms with Gasteiger partial charge in [-0.1, -0.05) is 30.3 Å². The van der Waals surface area contributed by atoms with Gasteiger partial charge in [0.25, 0.3) is 11.8 Å². The van der Waals surface area contributed by atoms with Gasteiger partial charge in [0.15, 0.2) is 5.69 Å². The molecule has 4 rings (SSSR count). The molecule has 1 N–H and O–H groups in total. The van der Waals surface area contributed by atoms with Crippen molar-refractivity contribution in [1.82, 2.24) is 20.0 Å². The van der Waals surface area contributed by atoms with Crippen LogP contribution in [0.25, 0.3) is 0 Å². The predicted octanol–water partition coefficient (Wildman–Crippen LogP) is 2.37. The van der Waals surface area contributed by atoms with Crippen molar-refractivity contribution < 1.29 is 14.0 Å². The fourth-order valence-electron chi connectivity index (χ4n) is 3.20. The first-order chi connectivity index (χ1) is 13.1. The van der Waals surface area contributed by atoms with Crippen LogP contribution in [0.3, 0.4) is 0 Å². The Morgan fingerprint density at radius 3 is 2.74 bits per heavy atom. The zero-order valence-electron chi connectivity index (χ0n) is 15.0. The van der Waals surface area contributed by atoms with Gasteiger partial charge in [-0.2, -0.15) is 5.10 Å². The molecule has 0 aliphatic carbocycles. The Morgan fingerprint density at radius 2 is 2.00 bits per heavy atom. The number of rotatable bonds is 4. The van der Waals surface area contributed by atoms with Crippen LogP contribution in [0, 0.1) is 6.92 Å². The number of aryl methyl sites for hydroxylation is 1. The molecule has 3 aromatic rings. The number of amides is 2. The van der Waals surface area contributed by atoms with Gasteiger partial charge in [0.2, 0.25) is 0 Å². The first kappa shape index (κ1) is 17.1. The van der Waals surface area contributed by atoms with Gasteiger partial charge in [0.05, 0.1) is 30.6 Å². The molecule has 138 valence electrons. The highest BCUT2D eigenvalue weighted by Crippen LogP contribution is 2.18. The van der Waals surface area contributed by atoms with Crippen molar-refractivity contribution in [2.45, 2.75) is 26.6 Å². The fraction of sp³-hybridized carbons (Fsp3) is 0.250. The quantitative estimate of drug-likeness (QED) is 0.771. The number of fused-ring (bicyclic) bond motifs is 1. The molecule has 0 fully saturated rings. The summed E-state index contributed by atoms with van der Waals surface area (Å²) in [6.07, 6.45) is 1.52. The molecule has 1 aromatic carbocycles. The number of benzene rings is 1. The van der Waals surface area contributed by atoms with Gasteiger partial charge < -0.3 is 14.6 Å². The molecule has 7 heteroatoms. The first-order valence-electron chi connectivity index (χ1n) is 8.84. The van der Waals surface area contributed by atoms with E-state index in [-0.39, 0.29) is 11.8 Å². The number of nitrogens with one attached hydrogen (secondary N) is 1. The van der Waals surface area contributed by atoms with Crippen molar-refractivity contribution in [2.24, 2.45) is 0 Å². The lowest BCUT2D eigenvalue weighted by Gasteiger charge is -2.27. The minimum absolute atomic E-state index is 0.0659. The maximum absolute atomic E-state index is 12.6. The maximum Gasteiger partial charge on any atom is 0.272 e. The van der Waals surface area contributed by atoms with Gasteiger partial charge in [-0.3, -0.25) is 14.3 Å². The van der Waals surface area contributed by atoms with Crippen LogP contribution >= 0.6 is 0 Å². The zero-order valence-corrected chi connectivity index (χ0v) is 15.0. The normalized spacial score (nSPS) is 13.3. The highest BCUT2D eigenvalue weighted by Gasteiger charge is 2.26. The van der Waals surface area contributed by atoms with E-state index < -0.39 is 0 Å². The number of carbonyl (C=O) groups excluding carboxylic acids is 2. The second kappa shape index (κ2) is 7.11. The molecule has 0 saturated carbocycles. The lowest BCUT2D eigenvalue weighted by atomic mass is 10.2. The summed E-state index contributed by atoms with van der Waals surface area (Å²) >= 11 is 0. The topological polar surface area (TPSA) is 80.4 Å². The molecule has 7 nitrogen and oxygen atoms in total. The third-order valence-electron chi connectivity index (χ3n) is 4.70. The summed E-state index contributed by atoms with van der Waals surface area (Å²) in [5.41, 5.74) is 2.82. The Bertz CT molecular complexity index is 974. The highest BCUT2D eigenvalue weighted by atomic mass is 16.3.